The maximum Gasteiger partial charge on any atom is 0.326 e. The van der Waals surface area contributed by atoms with Crippen LogP contribution in [0.4, 0.5) is 0 Å². The lowest BCUT2D eigenvalue weighted by atomic mass is 10.0. The number of guanidine groups is 1. The number of hydrogen-bond acceptors (Lipinski definition) is 12. The van der Waals surface area contributed by atoms with Crippen molar-refractivity contribution in [3.05, 3.63) is 0 Å². The molecule has 22 heteroatoms. The Labute approximate surface area is 320 Å². The van der Waals surface area contributed by atoms with Crippen LogP contribution in [0.1, 0.15) is 85.0 Å². The van der Waals surface area contributed by atoms with Gasteiger partial charge >= 0.3 is 11.9 Å². The summed E-state index contributed by atoms with van der Waals surface area (Å²) in [7, 11) is 0. The molecule has 0 aromatic heterocycles. The second kappa shape index (κ2) is 27.5. The van der Waals surface area contributed by atoms with Gasteiger partial charge in [0.15, 0.2) is 5.96 Å². The molecule has 0 aliphatic carbocycles. The predicted molar refractivity (Wildman–Crippen MR) is 201 cm³/mol. The molecule has 6 amide bonds. The van der Waals surface area contributed by atoms with E-state index in [0.717, 1.165) is 0 Å². The minimum absolute atomic E-state index is 0.0133. The Balaban J connectivity index is 5.86. The summed E-state index contributed by atoms with van der Waals surface area (Å²) in [4.78, 5) is 101. The van der Waals surface area contributed by atoms with Crippen molar-refractivity contribution in [2.24, 2.45) is 28.9 Å². The van der Waals surface area contributed by atoms with E-state index in [9.17, 15) is 43.5 Å². The molecule has 0 aromatic carbocycles. The van der Waals surface area contributed by atoms with Crippen LogP contribution in [0.25, 0.3) is 0 Å². The maximum atomic E-state index is 13.6. The van der Waals surface area contributed by atoms with Gasteiger partial charge in [-0.2, -0.15) is 0 Å². The van der Waals surface area contributed by atoms with Crippen LogP contribution < -0.4 is 60.2 Å². The van der Waals surface area contributed by atoms with Crippen LogP contribution in [-0.4, -0.2) is 126 Å². The van der Waals surface area contributed by atoms with Gasteiger partial charge in [0, 0.05) is 6.54 Å². The van der Waals surface area contributed by atoms with Crippen molar-refractivity contribution in [3.8, 4) is 0 Å². The summed E-state index contributed by atoms with van der Waals surface area (Å²) in [5.74, 6) is -7.97. The van der Waals surface area contributed by atoms with Gasteiger partial charge in [0.05, 0.1) is 19.0 Å². The number of nitrogens with one attached hydrogen (secondary N) is 8. The highest BCUT2D eigenvalue weighted by molar-refractivity contribution is 5.96. The average Bonchev–Trinajstić information content (AvgIpc) is 3.10. The standard InChI is InChI=1S/C33H62N12O10/c1-18(2)15-23(45-28(50)20(36)9-4-6-12-34)31(53)41-19(3)27(49)43-22(10-5-7-13-35)30(52)44-21(11-8-14-39-33(37)38)29(51)40-17-25(46)42-24(32(54)55)16-26(47)48/h18-24H,4-17,34-36H2,1-3H3,(H,40,51)(H,41,53)(H,42,46)(H,43,49)(H,44,52)(H,45,50)(H,47,48)(H,54,55)(H4,37,38,39)/t19-,20-,21-,22-,23-,24-/m0/s1. The number of rotatable bonds is 29. The number of carboxylic acids is 2. The molecule has 0 unspecified atom stereocenters. The van der Waals surface area contributed by atoms with E-state index < -0.39 is 96.6 Å². The first-order valence-electron chi connectivity index (χ1n) is 18.3. The zero-order valence-electron chi connectivity index (χ0n) is 31.9. The molecule has 0 spiro atoms. The van der Waals surface area contributed by atoms with Crippen molar-refractivity contribution in [1.82, 2.24) is 37.2 Å². The molecule has 314 valence electrons. The Morgan fingerprint density at radius 3 is 1.69 bits per heavy atom. The van der Waals surface area contributed by atoms with Gasteiger partial charge in [-0.05, 0) is 77.3 Å². The van der Waals surface area contributed by atoms with E-state index in [-0.39, 0.29) is 44.1 Å². The predicted octanol–water partition coefficient (Wildman–Crippen LogP) is -4.00. The molecule has 0 rings (SSSR count). The molecule has 0 aliphatic heterocycles. The number of carbonyl (C=O) groups is 8. The van der Waals surface area contributed by atoms with Crippen LogP contribution in [0.3, 0.4) is 0 Å². The molecule has 0 heterocycles. The number of hydrogen-bond donors (Lipinski definition) is 14. The van der Waals surface area contributed by atoms with Gasteiger partial charge in [-0.15, -0.1) is 0 Å². The Hall–Kier alpha value is -5.09. The molecule has 18 N–H and O–H groups in total. The van der Waals surface area contributed by atoms with Crippen LogP contribution in [0, 0.1) is 11.3 Å². The average molecular weight is 787 g/mol. The summed E-state index contributed by atoms with van der Waals surface area (Å²) in [5, 5.41) is 42.6. The molecular formula is C33H62N12O10. The molecule has 0 saturated carbocycles. The van der Waals surface area contributed by atoms with Crippen molar-refractivity contribution in [1.29, 1.82) is 5.41 Å². The molecule has 22 nitrogen and oxygen atoms in total. The van der Waals surface area contributed by atoms with Crippen molar-refractivity contribution in [3.63, 3.8) is 0 Å². The first kappa shape index (κ1) is 49.9. The number of aliphatic carboxylic acids is 2. The molecule has 6 atom stereocenters. The van der Waals surface area contributed by atoms with Crippen LogP contribution in [0.2, 0.25) is 0 Å². The van der Waals surface area contributed by atoms with Crippen LogP contribution in [0.15, 0.2) is 0 Å². The summed E-state index contributed by atoms with van der Waals surface area (Å²) in [6.07, 6.45) is 2.18. The van der Waals surface area contributed by atoms with Crippen LogP contribution in [0.5, 0.6) is 0 Å². The molecule has 0 aliphatic rings. The van der Waals surface area contributed by atoms with Gasteiger partial charge in [-0.1, -0.05) is 20.3 Å². The van der Waals surface area contributed by atoms with Gasteiger partial charge in [0.1, 0.15) is 30.2 Å². The lowest BCUT2D eigenvalue weighted by Crippen LogP contribution is -2.58. The zero-order chi connectivity index (χ0) is 42.1. The highest BCUT2D eigenvalue weighted by Crippen LogP contribution is 2.08. The Morgan fingerprint density at radius 1 is 0.618 bits per heavy atom. The minimum atomic E-state index is -1.75. The summed E-state index contributed by atoms with van der Waals surface area (Å²) in [6, 6.07) is -7.29. The quantitative estimate of drug-likeness (QED) is 0.0195. The van der Waals surface area contributed by atoms with Crippen LogP contribution >= 0.6 is 0 Å². The third kappa shape index (κ3) is 22.7. The summed E-state index contributed by atoms with van der Waals surface area (Å²) < 4.78 is 0. The van der Waals surface area contributed by atoms with Gasteiger partial charge < -0.3 is 70.4 Å². The fraction of sp³-hybridized carbons (Fsp3) is 0.727. The molecule has 0 fully saturated rings. The monoisotopic (exact) mass is 786 g/mol. The first-order valence-corrected chi connectivity index (χ1v) is 18.3. The first-order chi connectivity index (χ1) is 25.8. The van der Waals surface area contributed by atoms with Crippen LogP contribution in [-0.2, 0) is 38.4 Å². The molecule has 0 bridgehead atoms. The Bertz CT molecular complexity index is 1300. The van der Waals surface area contributed by atoms with Crippen molar-refractivity contribution < 1.29 is 48.6 Å². The number of carbonyl (C=O) groups excluding carboxylic acids is 6. The van der Waals surface area contributed by atoms with E-state index in [4.69, 9.17) is 33.5 Å². The van der Waals surface area contributed by atoms with E-state index in [2.05, 4.69) is 31.9 Å². The highest BCUT2D eigenvalue weighted by atomic mass is 16.4. The minimum Gasteiger partial charge on any atom is -0.481 e. The highest BCUT2D eigenvalue weighted by Gasteiger charge is 2.31. The fourth-order valence-corrected chi connectivity index (χ4v) is 5.04. The smallest absolute Gasteiger partial charge is 0.326 e. The molecule has 0 aromatic rings. The lowest BCUT2D eigenvalue weighted by molar-refractivity contribution is -0.147. The van der Waals surface area contributed by atoms with Crippen molar-refractivity contribution in [2.45, 2.75) is 121 Å². The Kier molecular flexibility index (Phi) is 24.9. The molecule has 55 heavy (non-hydrogen) atoms. The third-order valence-corrected chi connectivity index (χ3v) is 8.03. The number of amides is 6. The van der Waals surface area contributed by atoms with E-state index in [1.54, 1.807) is 0 Å². The Morgan fingerprint density at radius 2 is 1.15 bits per heavy atom. The lowest BCUT2D eigenvalue weighted by Gasteiger charge is -2.26. The van der Waals surface area contributed by atoms with E-state index in [1.807, 2.05) is 19.2 Å². The van der Waals surface area contributed by atoms with Crippen molar-refractivity contribution in [2.75, 3.05) is 26.2 Å². The van der Waals surface area contributed by atoms with E-state index >= 15 is 0 Å². The second-order valence-electron chi connectivity index (χ2n) is 13.5. The molecule has 0 saturated heterocycles. The third-order valence-electron chi connectivity index (χ3n) is 8.03. The van der Waals surface area contributed by atoms with E-state index in [1.165, 1.54) is 6.92 Å². The van der Waals surface area contributed by atoms with Gasteiger partial charge in [0.25, 0.3) is 0 Å². The number of unbranched alkanes of at least 4 members (excludes halogenated alkanes) is 2. The normalized spacial score (nSPS) is 14.2. The topological polar surface area (TPSA) is 389 Å². The van der Waals surface area contributed by atoms with Crippen molar-refractivity contribution >= 4 is 53.3 Å². The largest absolute Gasteiger partial charge is 0.481 e. The summed E-state index contributed by atoms with van der Waals surface area (Å²) >= 11 is 0. The van der Waals surface area contributed by atoms with E-state index in [0.29, 0.717) is 45.2 Å². The molecular weight excluding hydrogens is 724 g/mol. The molecule has 0 radical (unpaired) electrons. The fourth-order valence-electron chi connectivity index (χ4n) is 5.04. The van der Waals surface area contributed by atoms with Gasteiger partial charge in [-0.25, -0.2) is 4.79 Å². The zero-order valence-corrected chi connectivity index (χ0v) is 31.9. The SMILES string of the molecule is CC(C)C[C@H](NC(=O)[C@@H](N)CCCCN)C(=O)N[C@@H](C)C(=O)N[C@@H](CCCCN)C(=O)N[C@@H](CCCNC(=N)N)C(=O)NCC(=O)N[C@@H](CC(=O)O)C(=O)O. The second-order valence-corrected chi connectivity index (χ2v) is 13.5. The number of carboxylic acid groups (broad SMARTS) is 2. The summed E-state index contributed by atoms with van der Waals surface area (Å²) in [5.41, 5.74) is 22.4. The van der Waals surface area contributed by atoms with Gasteiger partial charge in [-0.3, -0.25) is 39.0 Å². The summed E-state index contributed by atoms with van der Waals surface area (Å²) in [6.45, 7) is 5.23. The van der Waals surface area contributed by atoms with Gasteiger partial charge in [0.2, 0.25) is 35.4 Å². The number of nitrogens with two attached hydrogens (primary N) is 4. The maximum absolute atomic E-state index is 13.6.